The zero-order chi connectivity index (χ0) is 15.8. The molecule has 3 nitrogen and oxygen atoms in total. The molecule has 0 aliphatic carbocycles. The van der Waals surface area contributed by atoms with Gasteiger partial charge in [-0.25, -0.2) is 4.39 Å². The Kier molecular flexibility index (Phi) is 5.56. The maximum atomic E-state index is 13.3. The quantitative estimate of drug-likeness (QED) is 0.881. The molecular formula is C18H16FNO2. The van der Waals surface area contributed by atoms with Gasteiger partial charge in [-0.1, -0.05) is 36.1 Å². The fraction of sp³-hybridized carbons (Fsp3) is 0.167. The van der Waals surface area contributed by atoms with Gasteiger partial charge in [-0.2, -0.15) is 0 Å². The Hall–Kier alpha value is -2.80. The van der Waals surface area contributed by atoms with Gasteiger partial charge < -0.3 is 10.1 Å². The van der Waals surface area contributed by atoms with Crippen molar-refractivity contribution in [3.63, 3.8) is 0 Å². The van der Waals surface area contributed by atoms with Crippen molar-refractivity contribution in [3.8, 4) is 17.6 Å². The topological polar surface area (TPSA) is 38.3 Å². The summed E-state index contributed by atoms with van der Waals surface area (Å²) < 4.78 is 18.4. The highest BCUT2D eigenvalue weighted by Gasteiger charge is 2.03. The Balaban J connectivity index is 1.85. The van der Waals surface area contributed by atoms with Crippen LogP contribution in [0.1, 0.15) is 11.1 Å². The summed E-state index contributed by atoms with van der Waals surface area (Å²) in [5.74, 6) is 5.63. The Labute approximate surface area is 129 Å². The van der Waals surface area contributed by atoms with Gasteiger partial charge in [0, 0.05) is 0 Å². The first-order valence-electron chi connectivity index (χ1n) is 6.82. The van der Waals surface area contributed by atoms with E-state index in [0.717, 1.165) is 5.56 Å². The van der Waals surface area contributed by atoms with E-state index in [1.165, 1.54) is 6.07 Å². The van der Waals surface area contributed by atoms with Crippen molar-refractivity contribution < 1.29 is 13.9 Å². The lowest BCUT2D eigenvalue weighted by Crippen LogP contribution is -2.25. The molecule has 4 heteroatoms. The van der Waals surface area contributed by atoms with Crippen molar-refractivity contribution in [3.05, 3.63) is 65.5 Å². The Morgan fingerprint density at radius 2 is 2.05 bits per heavy atom. The Bertz CT molecular complexity index is 716. The smallest absolute Gasteiger partial charge is 0.225 e. The number of benzene rings is 2. The van der Waals surface area contributed by atoms with Crippen LogP contribution in [0.5, 0.6) is 5.75 Å². The fourth-order valence-electron chi connectivity index (χ4n) is 1.88. The van der Waals surface area contributed by atoms with Crippen LogP contribution in [-0.4, -0.2) is 19.6 Å². The van der Waals surface area contributed by atoms with Crippen LogP contribution in [0.4, 0.5) is 4.39 Å². The zero-order valence-corrected chi connectivity index (χ0v) is 12.2. The van der Waals surface area contributed by atoms with Gasteiger partial charge in [-0.15, -0.1) is 0 Å². The lowest BCUT2D eigenvalue weighted by atomic mass is 10.1. The van der Waals surface area contributed by atoms with E-state index in [0.29, 0.717) is 11.3 Å². The number of amides is 1. The molecule has 0 aromatic heterocycles. The van der Waals surface area contributed by atoms with Crippen LogP contribution in [0.25, 0.3) is 0 Å². The molecule has 0 unspecified atom stereocenters. The predicted molar refractivity (Wildman–Crippen MR) is 83.0 cm³/mol. The van der Waals surface area contributed by atoms with E-state index in [9.17, 15) is 9.18 Å². The number of ether oxygens (including phenoxy) is 1. The third-order valence-electron chi connectivity index (χ3n) is 2.97. The van der Waals surface area contributed by atoms with E-state index in [1.54, 1.807) is 25.3 Å². The molecule has 0 atom stereocenters. The standard InChI is InChI=1S/C18H16FNO2/c1-22-16-9-4-6-14(12-16)13-18(21)20-11-5-8-15-7-2-3-10-17(15)19/h2-4,6-7,9-10,12H,11,13H2,1H3,(H,20,21). The number of halogens is 1. The molecule has 0 fully saturated rings. The van der Waals surface area contributed by atoms with Crippen molar-refractivity contribution in [1.29, 1.82) is 0 Å². The molecule has 0 saturated carbocycles. The van der Waals surface area contributed by atoms with E-state index < -0.39 is 0 Å². The number of nitrogens with one attached hydrogen (secondary N) is 1. The minimum absolute atomic E-state index is 0.143. The second-order valence-corrected chi connectivity index (χ2v) is 4.59. The van der Waals surface area contributed by atoms with Crippen LogP contribution in [0.3, 0.4) is 0 Å². The first kappa shape index (κ1) is 15.6. The number of carbonyl (C=O) groups is 1. The summed E-state index contributed by atoms with van der Waals surface area (Å²) in [5, 5.41) is 2.68. The summed E-state index contributed by atoms with van der Waals surface area (Å²) in [4.78, 5) is 11.8. The largest absolute Gasteiger partial charge is 0.497 e. The molecule has 0 aliphatic rings. The van der Waals surface area contributed by atoms with Gasteiger partial charge >= 0.3 is 0 Å². The molecule has 112 valence electrons. The van der Waals surface area contributed by atoms with Crippen molar-refractivity contribution in [1.82, 2.24) is 5.32 Å². The fourth-order valence-corrected chi connectivity index (χ4v) is 1.88. The minimum atomic E-state index is -0.363. The van der Waals surface area contributed by atoms with Crippen molar-refractivity contribution in [2.45, 2.75) is 6.42 Å². The zero-order valence-electron chi connectivity index (χ0n) is 12.2. The van der Waals surface area contributed by atoms with E-state index in [4.69, 9.17) is 4.74 Å². The average Bonchev–Trinajstić information content (AvgIpc) is 2.53. The van der Waals surface area contributed by atoms with Gasteiger partial charge in [0.15, 0.2) is 0 Å². The van der Waals surface area contributed by atoms with Gasteiger partial charge in [-0.3, -0.25) is 4.79 Å². The highest BCUT2D eigenvalue weighted by molar-refractivity contribution is 5.78. The summed E-state index contributed by atoms with van der Waals surface area (Å²) in [6, 6.07) is 13.6. The summed E-state index contributed by atoms with van der Waals surface area (Å²) in [7, 11) is 1.58. The molecule has 0 spiro atoms. The maximum Gasteiger partial charge on any atom is 0.225 e. The number of hydrogen-bond donors (Lipinski definition) is 1. The second-order valence-electron chi connectivity index (χ2n) is 4.59. The van der Waals surface area contributed by atoms with Gasteiger partial charge in [0.05, 0.1) is 25.6 Å². The van der Waals surface area contributed by atoms with E-state index in [2.05, 4.69) is 17.2 Å². The number of methoxy groups -OCH3 is 1. The normalized spacial score (nSPS) is 9.55. The second kappa shape index (κ2) is 7.84. The van der Waals surface area contributed by atoms with Crippen molar-refractivity contribution in [2.24, 2.45) is 0 Å². The Morgan fingerprint density at radius 1 is 1.23 bits per heavy atom. The molecule has 0 saturated heterocycles. The van der Waals surface area contributed by atoms with E-state index >= 15 is 0 Å². The summed E-state index contributed by atoms with van der Waals surface area (Å²) >= 11 is 0. The van der Waals surface area contributed by atoms with Gasteiger partial charge in [0.25, 0.3) is 0 Å². The SMILES string of the molecule is COc1cccc(CC(=O)NCC#Cc2ccccc2F)c1. The van der Waals surface area contributed by atoms with Crippen LogP contribution in [0.2, 0.25) is 0 Å². The third kappa shape index (κ3) is 4.64. The lowest BCUT2D eigenvalue weighted by molar-refractivity contribution is -0.120. The van der Waals surface area contributed by atoms with Crippen LogP contribution in [0, 0.1) is 17.7 Å². The molecule has 0 bridgehead atoms. The van der Waals surface area contributed by atoms with Gasteiger partial charge in [0.2, 0.25) is 5.91 Å². The molecule has 0 aliphatic heterocycles. The van der Waals surface area contributed by atoms with Crippen LogP contribution >= 0.6 is 0 Å². The predicted octanol–water partition coefficient (Wildman–Crippen LogP) is 2.54. The molecular weight excluding hydrogens is 281 g/mol. The molecule has 0 radical (unpaired) electrons. The van der Waals surface area contributed by atoms with E-state index in [-0.39, 0.29) is 24.7 Å². The third-order valence-corrected chi connectivity index (χ3v) is 2.97. The molecule has 0 heterocycles. The maximum absolute atomic E-state index is 13.3. The minimum Gasteiger partial charge on any atom is -0.497 e. The molecule has 1 N–H and O–H groups in total. The van der Waals surface area contributed by atoms with E-state index in [1.807, 2.05) is 24.3 Å². The first-order chi connectivity index (χ1) is 10.7. The average molecular weight is 297 g/mol. The highest BCUT2D eigenvalue weighted by atomic mass is 19.1. The molecule has 2 aromatic carbocycles. The molecule has 1 amide bonds. The lowest BCUT2D eigenvalue weighted by Gasteiger charge is -2.04. The van der Waals surface area contributed by atoms with Crippen LogP contribution in [0.15, 0.2) is 48.5 Å². The van der Waals surface area contributed by atoms with Crippen molar-refractivity contribution in [2.75, 3.05) is 13.7 Å². The van der Waals surface area contributed by atoms with Gasteiger partial charge in [-0.05, 0) is 29.8 Å². The number of hydrogen-bond acceptors (Lipinski definition) is 2. The highest BCUT2D eigenvalue weighted by Crippen LogP contribution is 2.12. The van der Waals surface area contributed by atoms with Crippen LogP contribution in [-0.2, 0) is 11.2 Å². The summed E-state index contributed by atoms with van der Waals surface area (Å²) in [5.41, 5.74) is 1.18. The van der Waals surface area contributed by atoms with Crippen LogP contribution < -0.4 is 10.1 Å². The number of rotatable bonds is 4. The molecule has 22 heavy (non-hydrogen) atoms. The van der Waals surface area contributed by atoms with Gasteiger partial charge in [0.1, 0.15) is 11.6 Å². The summed E-state index contributed by atoms with van der Waals surface area (Å²) in [6.07, 6.45) is 0.249. The first-order valence-corrected chi connectivity index (χ1v) is 6.82. The monoisotopic (exact) mass is 297 g/mol. The number of carbonyl (C=O) groups excluding carboxylic acids is 1. The van der Waals surface area contributed by atoms with Crippen molar-refractivity contribution >= 4 is 5.91 Å². The molecule has 2 rings (SSSR count). The summed E-state index contributed by atoms with van der Waals surface area (Å²) in [6.45, 7) is 0.178. The molecule has 2 aromatic rings. The Morgan fingerprint density at radius 3 is 2.82 bits per heavy atom.